The number of hydrogen-bond donors (Lipinski definition) is 0. The maximum atomic E-state index is 10.5. The number of hydrogen-bond acceptors (Lipinski definition) is 2. The predicted octanol–water partition coefficient (Wildman–Crippen LogP) is 1.78. The molecular formula is C9H16O2. The highest BCUT2D eigenvalue weighted by Gasteiger charge is 2.18. The molecule has 0 aromatic heterocycles. The van der Waals surface area contributed by atoms with Crippen molar-refractivity contribution in [2.45, 2.75) is 38.7 Å². The second-order valence-electron chi connectivity index (χ2n) is 3.18. The number of rotatable bonds is 4. The molecule has 0 aromatic carbocycles. The summed E-state index contributed by atoms with van der Waals surface area (Å²) in [6.45, 7) is 2.94. The van der Waals surface area contributed by atoms with Gasteiger partial charge in [-0.15, -0.1) is 0 Å². The number of carbonyl (C=O) groups is 1. The molecule has 1 saturated heterocycles. The molecule has 2 unspecified atom stereocenters. The van der Waals surface area contributed by atoms with Crippen molar-refractivity contribution in [1.82, 2.24) is 0 Å². The van der Waals surface area contributed by atoms with Crippen LogP contribution in [0.15, 0.2) is 0 Å². The third-order valence-corrected chi connectivity index (χ3v) is 2.31. The SMILES string of the molecule is CCC(C=O)CC1CCCO1. The van der Waals surface area contributed by atoms with Crippen LogP contribution in [0.5, 0.6) is 0 Å². The molecule has 0 N–H and O–H groups in total. The van der Waals surface area contributed by atoms with E-state index in [0.717, 1.165) is 32.2 Å². The minimum absolute atomic E-state index is 0.220. The van der Waals surface area contributed by atoms with Gasteiger partial charge in [0, 0.05) is 12.5 Å². The molecule has 2 nitrogen and oxygen atoms in total. The lowest BCUT2D eigenvalue weighted by atomic mass is 9.99. The molecule has 0 amide bonds. The molecule has 0 radical (unpaired) electrons. The van der Waals surface area contributed by atoms with E-state index in [2.05, 4.69) is 0 Å². The van der Waals surface area contributed by atoms with Gasteiger partial charge in [-0.3, -0.25) is 0 Å². The van der Waals surface area contributed by atoms with E-state index < -0.39 is 0 Å². The third kappa shape index (κ3) is 2.62. The molecule has 0 aliphatic carbocycles. The van der Waals surface area contributed by atoms with Gasteiger partial charge in [0.05, 0.1) is 6.10 Å². The Kier molecular flexibility index (Phi) is 3.57. The average molecular weight is 156 g/mol. The van der Waals surface area contributed by atoms with Crippen molar-refractivity contribution in [2.24, 2.45) is 5.92 Å². The minimum Gasteiger partial charge on any atom is -0.378 e. The lowest BCUT2D eigenvalue weighted by molar-refractivity contribution is -0.112. The molecular weight excluding hydrogens is 140 g/mol. The standard InChI is InChI=1S/C9H16O2/c1-2-8(7-10)6-9-4-3-5-11-9/h7-9H,2-6H2,1H3. The average Bonchev–Trinajstić information content (AvgIpc) is 2.52. The Bertz CT molecular complexity index is 117. The summed E-state index contributed by atoms with van der Waals surface area (Å²) in [6.07, 6.45) is 5.61. The summed E-state index contributed by atoms with van der Waals surface area (Å²) in [7, 11) is 0. The normalized spacial score (nSPS) is 26.8. The van der Waals surface area contributed by atoms with E-state index >= 15 is 0 Å². The fourth-order valence-electron chi connectivity index (χ4n) is 1.49. The second kappa shape index (κ2) is 4.50. The monoisotopic (exact) mass is 156 g/mol. The van der Waals surface area contributed by atoms with Gasteiger partial charge in [0.15, 0.2) is 0 Å². The van der Waals surface area contributed by atoms with Crippen molar-refractivity contribution in [1.29, 1.82) is 0 Å². The van der Waals surface area contributed by atoms with Gasteiger partial charge in [0.1, 0.15) is 6.29 Å². The van der Waals surface area contributed by atoms with Gasteiger partial charge in [-0.05, 0) is 25.7 Å². The molecule has 0 bridgehead atoms. The molecule has 1 heterocycles. The van der Waals surface area contributed by atoms with E-state index in [9.17, 15) is 4.79 Å². The van der Waals surface area contributed by atoms with Gasteiger partial charge in [0.25, 0.3) is 0 Å². The highest BCUT2D eigenvalue weighted by molar-refractivity contribution is 5.53. The maximum Gasteiger partial charge on any atom is 0.123 e. The van der Waals surface area contributed by atoms with Crippen LogP contribution in [-0.4, -0.2) is 19.0 Å². The van der Waals surface area contributed by atoms with Crippen molar-refractivity contribution in [2.75, 3.05) is 6.61 Å². The summed E-state index contributed by atoms with van der Waals surface area (Å²) in [6, 6.07) is 0. The lowest BCUT2D eigenvalue weighted by Crippen LogP contribution is -2.12. The van der Waals surface area contributed by atoms with Gasteiger partial charge in [0.2, 0.25) is 0 Å². The summed E-state index contributed by atoms with van der Waals surface area (Å²) >= 11 is 0. The summed E-state index contributed by atoms with van der Waals surface area (Å²) < 4.78 is 5.43. The largest absolute Gasteiger partial charge is 0.378 e. The quantitative estimate of drug-likeness (QED) is 0.580. The van der Waals surface area contributed by atoms with Crippen LogP contribution in [0.2, 0.25) is 0 Å². The van der Waals surface area contributed by atoms with Gasteiger partial charge >= 0.3 is 0 Å². The molecule has 2 heteroatoms. The highest BCUT2D eigenvalue weighted by Crippen LogP contribution is 2.20. The number of carbonyl (C=O) groups excluding carboxylic acids is 1. The highest BCUT2D eigenvalue weighted by atomic mass is 16.5. The van der Waals surface area contributed by atoms with Crippen LogP contribution < -0.4 is 0 Å². The zero-order chi connectivity index (χ0) is 8.10. The van der Waals surface area contributed by atoms with Gasteiger partial charge in [-0.2, -0.15) is 0 Å². The van der Waals surface area contributed by atoms with E-state index in [-0.39, 0.29) is 5.92 Å². The van der Waals surface area contributed by atoms with E-state index in [1.54, 1.807) is 0 Å². The molecule has 1 fully saturated rings. The Morgan fingerprint density at radius 1 is 1.73 bits per heavy atom. The fraction of sp³-hybridized carbons (Fsp3) is 0.889. The summed E-state index contributed by atoms with van der Waals surface area (Å²) in [5, 5.41) is 0. The Hall–Kier alpha value is -0.370. The van der Waals surface area contributed by atoms with Crippen LogP contribution in [0.25, 0.3) is 0 Å². The van der Waals surface area contributed by atoms with E-state index in [4.69, 9.17) is 4.74 Å². The van der Waals surface area contributed by atoms with Gasteiger partial charge in [-0.1, -0.05) is 6.92 Å². The van der Waals surface area contributed by atoms with E-state index in [1.165, 1.54) is 6.42 Å². The molecule has 1 rings (SSSR count). The number of aldehydes is 1. The summed E-state index contributed by atoms with van der Waals surface area (Å²) in [4.78, 5) is 10.5. The zero-order valence-electron chi connectivity index (χ0n) is 7.08. The zero-order valence-corrected chi connectivity index (χ0v) is 7.08. The van der Waals surface area contributed by atoms with Gasteiger partial charge < -0.3 is 9.53 Å². The van der Waals surface area contributed by atoms with Crippen molar-refractivity contribution < 1.29 is 9.53 Å². The lowest BCUT2D eigenvalue weighted by Gasteiger charge is -2.12. The van der Waals surface area contributed by atoms with Crippen LogP contribution in [-0.2, 0) is 9.53 Å². The van der Waals surface area contributed by atoms with Gasteiger partial charge in [-0.25, -0.2) is 0 Å². The molecule has 1 aliphatic heterocycles. The summed E-state index contributed by atoms with van der Waals surface area (Å²) in [5.74, 6) is 0.220. The van der Waals surface area contributed by atoms with Crippen LogP contribution in [0.3, 0.4) is 0 Å². The van der Waals surface area contributed by atoms with Crippen molar-refractivity contribution in [3.05, 3.63) is 0 Å². The van der Waals surface area contributed by atoms with Crippen molar-refractivity contribution >= 4 is 6.29 Å². The first-order chi connectivity index (χ1) is 5.36. The molecule has 11 heavy (non-hydrogen) atoms. The maximum absolute atomic E-state index is 10.5. The Morgan fingerprint density at radius 2 is 2.55 bits per heavy atom. The molecule has 64 valence electrons. The number of ether oxygens (including phenoxy) is 1. The fourth-order valence-corrected chi connectivity index (χ4v) is 1.49. The Morgan fingerprint density at radius 3 is 3.00 bits per heavy atom. The van der Waals surface area contributed by atoms with E-state index in [0.29, 0.717) is 6.10 Å². The molecule has 0 spiro atoms. The van der Waals surface area contributed by atoms with Crippen LogP contribution in [0.1, 0.15) is 32.6 Å². The van der Waals surface area contributed by atoms with Crippen LogP contribution in [0.4, 0.5) is 0 Å². The molecule has 0 saturated carbocycles. The molecule has 1 aliphatic rings. The first-order valence-electron chi connectivity index (χ1n) is 4.43. The Balaban J connectivity index is 2.21. The minimum atomic E-state index is 0.220. The first kappa shape index (κ1) is 8.72. The van der Waals surface area contributed by atoms with Crippen LogP contribution in [0, 0.1) is 5.92 Å². The molecule has 2 atom stereocenters. The second-order valence-corrected chi connectivity index (χ2v) is 3.18. The van der Waals surface area contributed by atoms with Crippen LogP contribution >= 0.6 is 0 Å². The van der Waals surface area contributed by atoms with Crippen molar-refractivity contribution in [3.63, 3.8) is 0 Å². The first-order valence-corrected chi connectivity index (χ1v) is 4.43. The molecule has 0 aromatic rings. The summed E-state index contributed by atoms with van der Waals surface area (Å²) in [5.41, 5.74) is 0. The predicted molar refractivity (Wildman–Crippen MR) is 43.4 cm³/mol. The smallest absolute Gasteiger partial charge is 0.123 e. The topological polar surface area (TPSA) is 26.3 Å². The third-order valence-electron chi connectivity index (χ3n) is 2.31. The van der Waals surface area contributed by atoms with Crippen molar-refractivity contribution in [3.8, 4) is 0 Å². The Labute approximate surface area is 67.9 Å². The van der Waals surface area contributed by atoms with E-state index in [1.807, 2.05) is 6.92 Å².